The van der Waals surface area contributed by atoms with Crippen molar-refractivity contribution in [3.05, 3.63) is 186 Å². The van der Waals surface area contributed by atoms with Gasteiger partial charge in [0.2, 0.25) is 0 Å². The number of hydrogen-bond acceptors (Lipinski definition) is 10. The summed E-state index contributed by atoms with van der Waals surface area (Å²) in [5, 5.41) is 17.5. The number of amides is 3. The van der Waals surface area contributed by atoms with Gasteiger partial charge in [0.05, 0.1) is 31.2 Å². The maximum atomic E-state index is 13.5. The second-order valence-electron chi connectivity index (χ2n) is 16.3. The van der Waals surface area contributed by atoms with Crippen molar-refractivity contribution in [2.24, 2.45) is 15.3 Å². The van der Waals surface area contributed by atoms with Crippen LogP contribution in [0.25, 0.3) is 0 Å². The Kier molecular flexibility index (Phi) is 20.7. The van der Waals surface area contributed by atoms with Crippen LogP contribution in [-0.4, -0.2) is 93.6 Å². The van der Waals surface area contributed by atoms with Gasteiger partial charge in [-0.15, -0.1) is 0 Å². The van der Waals surface area contributed by atoms with Gasteiger partial charge in [-0.25, -0.2) is 50.9 Å². The van der Waals surface area contributed by atoms with E-state index >= 15 is 0 Å². The van der Waals surface area contributed by atoms with Crippen molar-refractivity contribution in [1.29, 1.82) is 0 Å². The van der Waals surface area contributed by atoms with Crippen LogP contribution in [-0.2, 0) is 0 Å². The molecule has 6 aromatic rings. The van der Waals surface area contributed by atoms with Gasteiger partial charge in [-0.05, 0) is 77.4 Å². The Morgan fingerprint density at radius 3 is 1.41 bits per heavy atom. The number of carbonyl (C=O) groups is 2. The lowest BCUT2D eigenvalue weighted by Crippen LogP contribution is -2.58. The first kappa shape index (κ1) is 55.3. The summed E-state index contributed by atoms with van der Waals surface area (Å²) < 4.78 is 91.7. The second kappa shape index (κ2) is 27.7. The van der Waals surface area contributed by atoms with Crippen molar-refractivity contribution in [2.75, 3.05) is 26.2 Å². The third-order valence-corrected chi connectivity index (χ3v) is 11.2. The summed E-state index contributed by atoms with van der Waals surface area (Å²) in [5.41, 5.74) is 4.12. The molecule has 74 heavy (non-hydrogen) atoms. The molecule has 3 atom stereocenters. The molecule has 3 amide bonds. The zero-order chi connectivity index (χ0) is 53.0. The molecule has 20 heteroatoms. The number of halogens is 6. The molecular weight excluding hydrogens is 967 g/mol. The normalized spacial score (nSPS) is 18.0. The first-order chi connectivity index (χ1) is 35.9. The highest BCUT2D eigenvalue weighted by molar-refractivity contribution is 5.80. The van der Waals surface area contributed by atoms with E-state index in [9.17, 15) is 35.9 Å². The van der Waals surface area contributed by atoms with Gasteiger partial charge in [-0.3, -0.25) is 4.57 Å². The highest BCUT2D eigenvalue weighted by Gasteiger charge is 2.39. The van der Waals surface area contributed by atoms with E-state index in [4.69, 9.17) is 9.47 Å². The van der Waals surface area contributed by atoms with Crippen molar-refractivity contribution >= 4 is 30.7 Å². The topological polar surface area (TPSA) is 141 Å². The van der Waals surface area contributed by atoms with E-state index in [-0.39, 0.29) is 18.2 Å². The van der Waals surface area contributed by atoms with Crippen molar-refractivity contribution in [3.63, 3.8) is 0 Å². The number of hydrogen-bond donors (Lipinski definition) is 2. The van der Waals surface area contributed by atoms with Crippen LogP contribution in [0.4, 0.5) is 35.9 Å². The van der Waals surface area contributed by atoms with Crippen molar-refractivity contribution < 1.29 is 45.4 Å². The maximum absolute atomic E-state index is 13.5. The largest absolute Gasteiger partial charge is 0.488 e. The molecule has 0 spiro atoms. The van der Waals surface area contributed by atoms with Crippen molar-refractivity contribution in [3.8, 4) is 11.5 Å². The number of urea groups is 1. The lowest BCUT2D eigenvalue weighted by atomic mass is 10.0. The minimum atomic E-state index is -0.679. The van der Waals surface area contributed by atoms with Gasteiger partial charge in [0.25, 0.3) is 0 Å². The fourth-order valence-electron chi connectivity index (χ4n) is 7.66. The first-order valence-corrected chi connectivity index (χ1v) is 24.2. The SMILES string of the molecule is CC.CC.Fc1cc(F)cc([C@@H]2CC=NN2)c1.O=C(N1CC(Oc2ccccc2)C1)N1N=CC[C@H]1c1cc(F)cc(F)c1.O=C(N1N=CC[C@H]1c1cc(F)cc(F)c1)n1ccnc1.c1ccc(OC2CNC2)cc1. The molecule has 2 saturated heterocycles. The summed E-state index contributed by atoms with van der Waals surface area (Å²) >= 11 is 0. The van der Waals surface area contributed by atoms with Crippen LogP contribution in [0.15, 0.2) is 149 Å². The zero-order valence-electron chi connectivity index (χ0n) is 41.2. The highest BCUT2D eigenvalue weighted by Crippen LogP contribution is 2.32. The van der Waals surface area contributed by atoms with Crippen LogP contribution in [0.2, 0.25) is 0 Å². The van der Waals surface area contributed by atoms with Crippen LogP contribution in [0, 0.1) is 34.9 Å². The number of hydrazone groups is 3. The summed E-state index contributed by atoms with van der Waals surface area (Å²) in [6, 6.07) is 27.5. The van der Waals surface area contributed by atoms with Crippen LogP contribution < -0.4 is 20.2 Å². The van der Waals surface area contributed by atoms with Gasteiger partial charge in [0.15, 0.2) is 0 Å². The van der Waals surface area contributed by atoms with Gasteiger partial charge in [0.1, 0.15) is 64.9 Å². The number of likely N-dealkylation sites (tertiary alicyclic amines) is 1. The Bertz CT molecular complexity index is 2730. The van der Waals surface area contributed by atoms with Gasteiger partial charge < -0.3 is 25.1 Å². The minimum absolute atomic E-state index is 0.0713. The smallest absolute Gasteiger partial charge is 0.350 e. The molecule has 390 valence electrons. The quantitative estimate of drug-likeness (QED) is 0.152. The molecule has 1 aromatic heterocycles. The molecule has 2 fully saturated rings. The molecule has 0 radical (unpaired) electrons. The van der Waals surface area contributed by atoms with Crippen molar-refractivity contribution in [1.82, 2.24) is 35.2 Å². The number of rotatable bonds is 7. The lowest BCUT2D eigenvalue weighted by molar-refractivity contribution is 0.0277. The number of aromatic nitrogens is 2. The van der Waals surface area contributed by atoms with E-state index in [0.717, 1.165) is 42.8 Å². The Morgan fingerprint density at radius 1 is 0.554 bits per heavy atom. The Labute approximate surface area is 426 Å². The molecule has 0 saturated carbocycles. The second-order valence-corrected chi connectivity index (χ2v) is 16.3. The van der Waals surface area contributed by atoms with Crippen LogP contribution in [0.1, 0.15) is 81.8 Å². The molecule has 5 aliphatic rings. The Morgan fingerprint density at radius 2 is 1.00 bits per heavy atom. The Hall–Kier alpha value is -8.00. The van der Waals surface area contributed by atoms with Gasteiger partial charge in [-0.2, -0.15) is 15.3 Å². The number of benzene rings is 5. The molecule has 0 aliphatic carbocycles. The molecular formula is C54H58F6N10O4. The van der Waals surface area contributed by atoms with E-state index in [0.29, 0.717) is 55.1 Å². The van der Waals surface area contributed by atoms with Crippen molar-refractivity contribution in [2.45, 2.75) is 77.3 Å². The van der Waals surface area contributed by atoms with Gasteiger partial charge in [-0.1, -0.05) is 64.1 Å². The van der Waals surface area contributed by atoms with E-state index < -0.39 is 53.0 Å². The van der Waals surface area contributed by atoms with E-state index in [1.807, 2.05) is 88.4 Å². The third kappa shape index (κ3) is 15.5. The summed E-state index contributed by atoms with van der Waals surface area (Å²) in [7, 11) is 0. The molecule has 14 nitrogen and oxygen atoms in total. The fraction of sp³-hybridized carbons (Fsp3) is 0.296. The van der Waals surface area contributed by atoms with E-state index in [1.54, 1.807) is 23.5 Å². The number of imidazole rings is 1. The number of nitrogens with one attached hydrogen (secondary N) is 2. The summed E-state index contributed by atoms with van der Waals surface area (Å²) in [5.74, 6) is -2.06. The highest BCUT2D eigenvalue weighted by atomic mass is 19.2. The summed E-state index contributed by atoms with van der Waals surface area (Å²) in [6.07, 6.45) is 10.9. The number of ether oxygens (including phenoxy) is 2. The standard InChI is InChI=1S/C19H17F2N3O2.C13H10F2N4O.C9H8F2N2.C9H11NO.2C2H6/c20-14-8-13(9-15(21)10-14)18-6-7-22-24(18)19(25)23-11-17(12-23)26-16-4-2-1-3-5-16;14-10-5-9(6-11(15)7-10)12-1-2-17-19(12)13(20)18-4-3-16-8-18;10-7-3-6(4-8(11)5-7)9-1-2-12-13-9;1-2-4-8(5-3-1)11-9-6-10-7-9;2*1-2/h1-5,7-10,17-18H,6,11-12H2;2-8,12H,1H2;2-5,9,13H,1H2;1-5,9-10H,6-7H2;2*1-2H3/t18-;12-;9-;;;/m000.../s1. The number of nitrogens with zero attached hydrogens (tertiary/aromatic N) is 8. The minimum Gasteiger partial charge on any atom is -0.488 e. The molecule has 5 aliphatic heterocycles. The van der Waals surface area contributed by atoms with Crippen LogP contribution in [0.3, 0.4) is 0 Å². The summed E-state index contributed by atoms with van der Waals surface area (Å²) in [4.78, 5) is 30.3. The zero-order valence-corrected chi connectivity index (χ0v) is 41.2. The van der Waals surface area contributed by atoms with Gasteiger partial charge >= 0.3 is 12.1 Å². The first-order valence-electron chi connectivity index (χ1n) is 24.2. The average molecular weight is 1030 g/mol. The monoisotopic (exact) mass is 1020 g/mol. The van der Waals surface area contributed by atoms with Crippen LogP contribution in [0.5, 0.6) is 11.5 Å². The number of para-hydroxylation sites is 2. The predicted octanol–water partition coefficient (Wildman–Crippen LogP) is 11.2. The van der Waals surface area contributed by atoms with Gasteiger partial charge in [0, 0.05) is 81.6 Å². The third-order valence-electron chi connectivity index (χ3n) is 11.2. The lowest BCUT2D eigenvalue weighted by Gasteiger charge is -2.41. The summed E-state index contributed by atoms with van der Waals surface area (Å²) in [6.45, 7) is 10.9. The molecule has 5 aromatic carbocycles. The Balaban J connectivity index is 0.000000165. The fourth-order valence-corrected chi connectivity index (χ4v) is 7.66. The maximum Gasteiger partial charge on any atom is 0.350 e. The van der Waals surface area contributed by atoms with E-state index in [1.165, 1.54) is 69.7 Å². The molecule has 6 heterocycles. The number of carbonyl (C=O) groups excluding carboxylic acids is 2. The van der Waals surface area contributed by atoms with Crippen LogP contribution >= 0.6 is 0 Å². The predicted molar refractivity (Wildman–Crippen MR) is 271 cm³/mol. The van der Waals surface area contributed by atoms with E-state index in [2.05, 4.69) is 31.0 Å². The molecule has 2 N–H and O–H groups in total. The molecule has 0 unspecified atom stereocenters. The molecule has 11 rings (SSSR count). The molecule has 0 bridgehead atoms. The average Bonchev–Trinajstić information content (AvgIpc) is 4.24.